The van der Waals surface area contributed by atoms with Crippen LogP contribution < -0.4 is 10.6 Å². The second kappa shape index (κ2) is 12.6. The number of benzene rings is 2. The quantitative estimate of drug-likeness (QED) is 0.292. The van der Waals surface area contributed by atoms with E-state index < -0.39 is 53.9 Å². The molecule has 2 aromatic rings. The number of rotatable bonds is 7. The van der Waals surface area contributed by atoms with Crippen LogP contribution in [-0.2, 0) is 4.74 Å². The van der Waals surface area contributed by atoms with Gasteiger partial charge in [-0.15, -0.1) is 0 Å². The molecule has 2 aliphatic rings. The van der Waals surface area contributed by atoms with Crippen LogP contribution in [-0.4, -0.2) is 74.5 Å². The largest absolute Gasteiger partial charge is 0.506 e. The zero-order valence-electron chi connectivity index (χ0n) is 20.1. The number of amides is 2. The minimum atomic E-state index is -1.43. The number of hydrogen-bond acceptors (Lipinski definition) is 8. The highest BCUT2D eigenvalue weighted by Gasteiger charge is 2.43. The topological polar surface area (TPSA) is 148 Å². The van der Waals surface area contributed by atoms with E-state index in [4.69, 9.17) is 27.9 Å². The Kier molecular flexibility index (Phi) is 9.45. The molecule has 1 fully saturated rings. The van der Waals surface area contributed by atoms with E-state index in [0.717, 1.165) is 11.8 Å². The average Bonchev–Trinajstić information content (AvgIpc) is 2.91. The minimum absolute atomic E-state index is 0.0236. The molecule has 38 heavy (non-hydrogen) atoms. The molecule has 1 heterocycles. The summed E-state index contributed by atoms with van der Waals surface area (Å²) < 4.78 is 5.65. The van der Waals surface area contributed by atoms with Gasteiger partial charge in [0.25, 0.3) is 11.8 Å². The van der Waals surface area contributed by atoms with Gasteiger partial charge in [-0.25, -0.2) is 0 Å². The maximum atomic E-state index is 12.7. The highest BCUT2D eigenvalue weighted by molar-refractivity contribution is 8.03. The van der Waals surface area contributed by atoms with Crippen LogP contribution in [0.4, 0.5) is 0 Å². The van der Waals surface area contributed by atoms with Crippen molar-refractivity contribution in [1.82, 2.24) is 10.6 Å². The number of aliphatic hydroxyl groups is 4. The Balaban J connectivity index is 1.47. The molecule has 204 valence electrons. The van der Waals surface area contributed by atoms with E-state index in [1.165, 1.54) is 24.3 Å². The van der Waals surface area contributed by atoms with E-state index in [1.807, 2.05) is 0 Å². The zero-order valence-corrected chi connectivity index (χ0v) is 22.4. The minimum Gasteiger partial charge on any atom is -0.506 e. The number of halogens is 2. The van der Waals surface area contributed by atoms with Gasteiger partial charge in [0.15, 0.2) is 17.0 Å². The van der Waals surface area contributed by atoms with Gasteiger partial charge in [0.1, 0.15) is 12.1 Å². The summed E-state index contributed by atoms with van der Waals surface area (Å²) in [4.78, 5) is 25.4. The number of carbonyl (C=O) groups excluding carboxylic acids is 2. The molecule has 9 nitrogen and oxygen atoms in total. The third-order valence-corrected chi connectivity index (χ3v) is 8.38. The smallest absolute Gasteiger partial charge is 0.251 e. The normalized spacial score (nSPS) is 27.4. The van der Waals surface area contributed by atoms with Crippen LogP contribution in [0.1, 0.15) is 40.0 Å². The van der Waals surface area contributed by atoms with Crippen LogP contribution >= 0.6 is 35.0 Å². The fraction of sp³-hybridized carbons (Fsp3) is 0.385. The number of nitrogens with one attached hydrogen (secondary N) is 2. The molecule has 4 rings (SSSR count). The van der Waals surface area contributed by atoms with Gasteiger partial charge < -0.3 is 35.8 Å². The Bertz CT molecular complexity index is 1180. The van der Waals surface area contributed by atoms with Crippen LogP contribution in [0.15, 0.2) is 59.4 Å². The Morgan fingerprint density at radius 2 is 1.45 bits per heavy atom. The van der Waals surface area contributed by atoms with E-state index in [9.17, 15) is 30.0 Å². The molecular weight excluding hydrogens is 555 g/mol. The summed E-state index contributed by atoms with van der Waals surface area (Å²) in [7, 11) is 0. The Morgan fingerprint density at radius 3 is 2.00 bits per heavy atom. The van der Waals surface area contributed by atoms with E-state index in [2.05, 4.69) is 10.6 Å². The Labute approximate surface area is 233 Å². The van der Waals surface area contributed by atoms with Crippen molar-refractivity contribution in [3.63, 3.8) is 0 Å². The monoisotopic (exact) mass is 582 g/mol. The maximum absolute atomic E-state index is 12.7. The zero-order chi connectivity index (χ0) is 27.4. The summed E-state index contributed by atoms with van der Waals surface area (Å²) in [6.45, 7) is -0.571. The molecule has 0 radical (unpaired) electrons. The summed E-state index contributed by atoms with van der Waals surface area (Å²) in [5.74, 6) is -1.34. The van der Waals surface area contributed by atoms with Gasteiger partial charge >= 0.3 is 0 Å². The fourth-order valence-electron chi connectivity index (χ4n) is 4.40. The van der Waals surface area contributed by atoms with Crippen molar-refractivity contribution in [3.05, 3.63) is 80.6 Å². The second-order valence-electron chi connectivity index (χ2n) is 9.12. The lowest BCUT2D eigenvalue weighted by Crippen LogP contribution is -2.54. The predicted octanol–water partition coefficient (Wildman–Crippen LogP) is 3.02. The summed E-state index contributed by atoms with van der Waals surface area (Å²) in [5.41, 5.74) is 0.670. The molecule has 0 aromatic heterocycles. The molecule has 0 bridgehead atoms. The average molecular weight is 583 g/mol. The van der Waals surface area contributed by atoms with E-state index in [1.54, 1.807) is 24.3 Å². The molecular formula is C26H28Cl2N2O7S. The summed E-state index contributed by atoms with van der Waals surface area (Å²) in [6.07, 6.45) is -1.71. The third kappa shape index (κ3) is 6.56. The van der Waals surface area contributed by atoms with Gasteiger partial charge in [0.2, 0.25) is 0 Å². The first-order valence-corrected chi connectivity index (χ1v) is 13.7. The van der Waals surface area contributed by atoms with Crippen molar-refractivity contribution in [2.75, 3.05) is 6.61 Å². The molecule has 1 aliphatic heterocycles. The van der Waals surface area contributed by atoms with Crippen molar-refractivity contribution < 1.29 is 34.8 Å². The number of aliphatic hydroxyl groups excluding tert-OH is 4. The van der Waals surface area contributed by atoms with Crippen LogP contribution in [0.2, 0.25) is 10.0 Å². The molecule has 6 atom stereocenters. The van der Waals surface area contributed by atoms with Crippen molar-refractivity contribution >= 4 is 46.8 Å². The molecule has 0 spiro atoms. The highest BCUT2D eigenvalue weighted by Crippen LogP contribution is 2.39. The number of hydrogen-bond donors (Lipinski definition) is 6. The standard InChI is InChI=1S/C26H28Cl2N2O7S/c27-15-8-4-13(5-9-15)24(35)29-17-2-1-3-19(21(17)32)38-26-23(34)20(22(33)18(12-31)37-26)30-25(36)14-6-10-16(28)11-7-14/h4-11,17-22,31-34H,1-3,12H2,(H,29,35)(H,30,36)/t17?,18?,19-,20?,21?,22+/m1/s1. The molecule has 6 N–H and O–H groups in total. The lowest BCUT2D eigenvalue weighted by Gasteiger charge is -2.38. The van der Waals surface area contributed by atoms with Gasteiger partial charge in [-0.05, 0) is 61.4 Å². The first-order valence-electron chi connectivity index (χ1n) is 12.0. The molecule has 1 saturated carbocycles. The SMILES string of the molecule is O=C(NC1CCC[C@@H](SC2=C(O)C(NC(=O)c3ccc(Cl)cc3)[C@@H](O)C(CO)O2)C1O)c1ccc(Cl)cc1. The second-order valence-corrected chi connectivity index (χ2v) is 11.2. The van der Waals surface area contributed by atoms with Crippen molar-refractivity contribution in [1.29, 1.82) is 0 Å². The van der Waals surface area contributed by atoms with Crippen molar-refractivity contribution in [2.24, 2.45) is 0 Å². The summed E-state index contributed by atoms with van der Waals surface area (Å²) in [6, 6.07) is 10.7. The summed E-state index contributed by atoms with van der Waals surface area (Å²) in [5, 5.41) is 48.3. The van der Waals surface area contributed by atoms with Crippen LogP contribution in [0.5, 0.6) is 0 Å². The fourth-order valence-corrected chi connectivity index (χ4v) is 5.97. The van der Waals surface area contributed by atoms with Crippen molar-refractivity contribution in [2.45, 2.75) is 54.9 Å². The Hall–Kier alpha value is -2.47. The van der Waals surface area contributed by atoms with Crippen LogP contribution in [0, 0.1) is 0 Å². The number of carbonyl (C=O) groups is 2. The van der Waals surface area contributed by atoms with Gasteiger partial charge in [-0.1, -0.05) is 41.4 Å². The van der Waals surface area contributed by atoms with Gasteiger partial charge in [-0.3, -0.25) is 9.59 Å². The molecule has 4 unspecified atom stereocenters. The lowest BCUT2D eigenvalue weighted by molar-refractivity contribution is -0.0620. The van der Waals surface area contributed by atoms with E-state index in [-0.39, 0.29) is 16.6 Å². The molecule has 2 amide bonds. The lowest BCUT2D eigenvalue weighted by atomic mass is 9.92. The van der Waals surface area contributed by atoms with Gasteiger partial charge in [0, 0.05) is 26.4 Å². The van der Waals surface area contributed by atoms with Gasteiger partial charge in [-0.2, -0.15) is 0 Å². The van der Waals surface area contributed by atoms with Gasteiger partial charge in [0.05, 0.1) is 18.8 Å². The first-order chi connectivity index (χ1) is 18.2. The molecule has 12 heteroatoms. The highest BCUT2D eigenvalue weighted by atomic mass is 35.5. The predicted molar refractivity (Wildman–Crippen MR) is 144 cm³/mol. The van der Waals surface area contributed by atoms with E-state index in [0.29, 0.717) is 34.9 Å². The molecule has 0 saturated heterocycles. The third-order valence-electron chi connectivity index (χ3n) is 6.54. The van der Waals surface area contributed by atoms with E-state index >= 15 is 0 Å². The maximum Gasteiger partial charge on any atom is 0.251 e. The van der Waals surface area contributed by atoms with Crippen molar-refractivity contribution in [3.8, 4) is 0 Å². The molecule has 2 aromatic carbocycles. The molecule has 1 aliphatic carbocycles. The number of thioether (sulfide) groups is 1. The first kappa shape index (κ1) is 28.5. The van der Waals surface area contributed by atoms with Crippen LogP contribution in [0.25, 0.3) is 0 Å². The number of ether oxygens (including phenoxy) is 1. The summed E-state index contributed by atoms with van der Waals surface area (Å²) >= 11 is 12.8. The van der Waals surface area contributed by atoms with Crippen LogP contribution in [0.3, 0.4) is 0 Å². The Morgan fingerprint density at radius 1 is 0.895 bits per heavy atom.